The van der Waals surface area contributed by atoms with Crippen molar-refractivity contribution in [2.24, 2.45) is 11.8 Å². The molecule has 1 aromatic rings. The summed E-state index contributed by atoms with van der Waals surface area (Å²) in [7, 11) is 0. The van der Waals surface area contributed by atoms with Gasteiger partial charge in [-0.1, -0.05) is 28.1 Å². The molecule has 0 atom stereocenters. The molecule has 3 amide bonds. The Morgan fingerprint density at radius 3 is 2.43 bits per heavy atom. The van der Waals surface area contributed by atoms with Crippen molar-refractivity contribution in [1.82, 2.24) is 10.2 Å². The summed E-state index contributed by atoms with van der Waals surface area (Å²) in [5, 5.41) is 3.05. The first-order valence-electron chi connectivity index (χ1n) is 7.50. The summed E-state index contributed by atoms with van der Waals surface area (Å²) >= 11 is 3.43. The number of benzene rings is 1. The third kappa shape index (κ3) is 2.09. The molecule has 3 fully saturated rings. The maximum atomic E-state index is 12.9. The number of amides is 3. The van der Waals surface area contributed by atoms with Crippen molar-refractivity contribution in [3.63, 3.8) is 0 Å². The largest absolute Gasteiger partial charge is 0.325 e. The predicted octanol–water partition coefficient (Wildman–Crippen LogP) is 3.06. The van der Waals surface area contributed by atoms with Crippen LogP contribution in [-0.2, 0) is 11.3 Å². The summed E-state index contributed by atoms with van der Waals surface area (Å²) in [6.45, 7) is 0.352. The molecule has 110 valence electrons. The Hall–Kier alpha value is -1.36. The molecule has 0 spiro atoms. The molecule has 0 aromatic heterocycles. The summed E-state index contributed by atoms with van der Waals surface area (Å²) in [6.07, 6.45) is 4.25. The highest BCUT2D eigenvalue weighted by Crippen LogP contribution is 2.54. The predicted molar refractivity (Wildman–Crippen MR) is 81.4 cm³/mol. The van der Waals surface area contributed by atoms with E-state index in [-0.39, 0.29) is 11.9 Å². The lowest BCUT2D eigenvalue weighted by Crippen LogP contribution is -2.51. The van der Waals surface area contributed by atoms with Crippen LogP contribution in [0.25, 0.3) is 0 Å². The van der Waals surface area contributed by atoms with Gasteiger partial charge in [0.05, 0.1) is 6.54 Å². The Morgan fingerprint density at radius 1 is 1.19 bits per heavy atom. The number of nitrogens with one attached hydrogen (secondary N) is 1. The Morgan fingerprint density at radius 2 is 1.86 bits per heavy atom. The molecule has 0 radical (unpaired) electrons. The molecule has 2 aliphatic carbocycles. The van der Waals surface area contributed by atoms with Gasteiger partial charge in [0, 0.05) is 4.47 Å². The van der Waals surface area contributed by atoms with E-state index in [0.717, 1.165) is 35.7 Å². The van der Waals surface area contributed by atoms with Crippen LogP contribution in [-0.4, -0.2) is 22.4 Å². The van der Waals surface area contributed by atoms with Crippen molar-refractivity contribution in [2.75, 3.05) is 0 Å². The summed E-state index contributed by atoms with van der Waals surface area (Å²) < 4.78 is 0.961. The number of rotatable bonds is 4. The Balaban J connectivity index is 1.61. The molecule has 1 saturated heterocycles. The third-order valence-electron chi connectivity index (χ3n) is 4.83. The van der Waals surface area contributed by atoms with Gasteiger partial charge in [-0.3, -0.25) is 9.69 Å². The zero-order chi connectivity index (χ0) is 14.6. The molecule has 5 heteroatoms. The van der Waals surface area contributed by atoms with Crippen LogP contribution in [0, 0.1) is 11.8 Å². The number of imide groups is 1. The number of hydrogen-bond acceptors (Lipinski definition) is 2. The monoisotopic (exact) mass is 348 g/mol. The van der Waals surface area contributed by atoms with Crippen LogP contribution < -0.4 is 5.32 Å². The third-order valence-corrected chi connectivity index (χ3v) is 5.32. The van der Waals surface area contributed by atoms with Gasteiger partial charge in [-0.2, -0.15) is 0 Å². The maximum absolute atomic E-state index is 12.9. The van der Waals surface area contributed by atoms with E-state index in [1.165, 1.54) is 4.90 Å². The van der Waals surface area contributed by atoms with Crippen LogP contribution in [0.4, 0.5) is 4.79 Å². The van der Waals surface area contributed by atoms with E-state index in [1.807, 2.05) is 24.3 Å². The van der Waals surface area contributed by atoms with Gasteiger partial charge in [0.25, 0.3) is 5.91 Å². The molecular weight excluding hydrogens is 332 g/mol. The maximum Gasteiger partial charge on any atom is 0.325 e. The minimum Gasteiger partial charge on any atom is -0.323 e. The van der Waals surface area contributed by atoms with Crippen molar-refractivity contribution in [3.05, 3.63) is 34.3 Å². The molecule has 0 unspecified atom stereocenters. The summed E-state index contributed by atoms with van der Waals surface area (Å²) in [5.74, 6) is 0.709. The molecule has 1 N–H and O–H groups in total. The van der Waals surface area contributed by atoms with Gasteiger partial charge in [0.1, 0.15) is 5.54 Å². The topological polar surface area (TPSA) is 49.4 Å². The van der Waals surface area contributed by atoms with Crippen LogP contribution in [0.5, 0.6) is 0 Å². The molecule has 21 heavy (non-hydrogen) atoms. The smallest absolute Gasteiger partial charge is 0.323 e. The van der Waals surface area contributed by atoms with E-state index in [1.54, 1.807) is 0 Å². The second kappa shape index (κ2) is 4.57. The van der Waals surface area contributed by atoms with E-state index in [2.05, 4.69) is 21.2 Å². The second-order valence-electron chi connectivity index (χ2n) is 6.37. The SMILES string of the molecule is O=C1NC(C2CC2)(C2CC2)C(=O)N1Cc1cccc(Br)c1. The fourth-order valence-corrected chi connectivity index (χ4v) is 3.99. The minimum absolute atomic E-state index is 0.00234. The van der Waals surface area contributed by atoms with Gasteiger partial charge in [0.2, 0.25) is 0 Å². The van der Waals surface area contributed by atoms with Crippen LogP contribution >= 0.6 is 15.9 Å². The molecule has 2 saturated carbocycles. The molecule has 3 aliphatic rings. The van der Waals surface area contributed by atoms with Crippen molar-refractivity contribution in [3.8, 4) is 0 Å². The minimum atomic E-state index is -0.580. The number of carbonyl (C=O) groups excluding carboxylic acids is 2. The molecule has 1 heterocycles. The zero-order valence-electron chi connectivity index (χ0n) is 11.6. The van der Waals surface area contributed by atoms with Gasteiger partial charge in [-0.15, -0.1) is 0 Å². The fourth-order valence-electron chi connectivity index (χ4n) is 3.54. The van der Waals surface area contributed by atoms with Gasteiger partial charge in [0.15, 0.2) is 0 Å². The first-order chi connectivity index (χ1) is 10.1. The highest BCUT2D eigenvalue weighted by molar-refractivity contribution is 9.10. The van der Waals surface area contributed by atoms with Crippen molar-refractivity contribution >= 4 is 27.9 Å². The van der Waals surface area contributed by atoms with Crippen molar-refractivity contribution in [2.45, 2.75) is 37.8 Å². The molecule has 4 rings (SSSR count). The highest BCUT2D eigenvalue weighted by Gasteiger charge is 2.65. The highest BCUT2D eigenvalue weighted by atomic mass is 79.9. The quantitative estimate of drug-likeness (QED) is 0.850. The molecule has 4 nitrogen and oxygen atoms in total. The first-order valence-corrected chi connectivity index (χ1v) is 8.29. The van der Waals surface area contributed by atoms with E-state index >= 15 is 0 Å². The second-order valence-corrected chi connectivity index (χ2v) is 7.28. The number of halogens is 1. The standard InChI is InChI=1S/C16H17BrN2O2/c17-13-3-1-2-10(8-13)9-19-14(20)16(11-4-5-11,12-6-7-12)18-15(19)21/h1-3,8,11-12H,4-7,9H2,(H,18,21). The van der Waals surface area contributed by atoms with Gasteiger partial charge >= 0.3 is 6.03 Å². The van der Waals surface area contributed by atoms with Crippen LogP contribution in [0.1, 0.15) is 31.2 Å². The van der Waals surface area contributed by atoms with E-state index < -0.39 is 5.54 Å². The van der Waals surface area contributed by atoms with Crippen LogP contribution in [0.3, 0.4) is 0 Å². The number of urea groups is 1. The average Bonchev–Trinajstić information content (AvgIpc) is 3.34. The lowest BCUT2D eigenvalue weighted by molar-refractivity contribution is -0.133. The molecule has 0 bridgehead atoms. The van der Waals surface area contributed by atoms with E-state index in [9.17, 15) is 9.59 Å². The summed E-state index contributed by atoms with van der Waals surface area (Å²) in [4.78, 5) is 26.7. The summed E-state index contributed by atoms with van der Waals surface area (Å²) in [5.41, 5.74) is 0.388. The van der Waals surface area contributed by atoms with Crippen LogP contribution in [0.15, 0.2) is 28.7 Å². The Labute approximate surface area is 132 Å². The van der Waals surface area contributed by atoms with Gasteiger partial charge in [-0.05, 0) is 55.2 Å². The number of hydrogen-bond donors (Lipinski definition) is 1. The lowest BCUT2D eigenvalue weighted by atomic mass is 9.87. The Kier molecular flexibility index (Phi) is 2.89. The normalized spacial score (nSPS) is 24.3. The number of carbonyl (C=O) groups is 2. The van der Waals surface area contributed by atoms with E-state index in [0.29, 0.717) is 18.4 Å². The Bertz CT molecular complexity index is 610. The lowest BCUT2D eigenvalue weighted by Gasteiger charge is -2.26. The van der Waals surface area contributed by atoms with Crippen molar-refractivity contribution in [1.29, 1.82) is 0 Å². The summed E-state index contributed by atoms with van der Waals surface area (Å²) in [6, 6.07) is 7.54. The van der Waals surface area contributed by atoms with Crippen molar-refractivity contribution < 1.29 is 9.59 Å². The first kappa shape index (κ1) is 13.3. The van der Waals surface area contributed by atoms with Gasteiger partial charge < -0.3 is 5.32 Å². The molecule has 1 aromatic carbocycles. The zero-order valence-corrected chi connectivity index (χ0v) is 13.2. The molecular formula is C16H17BrN2O2. The molecule has 1 aliphatic heterocycles. The van der Waals surface area contributed by atoms with E-state index in [4.69, 9.17) is 0 Å². The fraction of sp³-hybridized carbons (Fsp3) is 0.500. The van der Waals surface area contributed by atoms with Gasteiger partial charge in [-0.25, -0.2) is 4.79 Å². The average molecular weight is 349 g/mol. The number of nitrogens with zero attached hydrogens (tertiary/aromatic N) is 1. The van der Waals surface area contributed by atoms with Crippen LogP contribution in [0.2, 0.25) is 0 Å².